The molecule has 0 saturated carbocycles. The first-order chi connectivity index (χ1) is 50.7. The molecule has 0 rings (SSSR count). The second kappa shape index (κ2) is 76.6. The van der Waals surface area contributed by atoms with Crippen LogP contribution in [0, 0.1) is 0 Å². The van der Waals surface area contributed by atoms with Gasteiger partial charge in [-0.15, -0.1) is 0 Å². The van der Waals surface area contributed by atoms with Crippen molar-refractivity contribution in [2.24, 2.45) is 0 Å². The molecule has 0 aliphatic heterocycles. The van der Waals surface area contributed by atoms with E-state index in [4.69, 9.17) is 37.0 Å². The molecular formula is C85H146O17P2. The summed E-state index contributed by atoms with van der Waals surface area (Å²) >= 11 is 0. The van der Waals surface area contributed by atoms with Crippen molar-refractivity contribution in [2.75, 3.05) is 39.6 Å². The molecule has 5 atom stereocenters. The van der Waals surface area contributed by atoms with Crippen LogP contribution in [0.1, 0.15) is 336 Å². The summed E-state index contributed by atoms with van der Waals surface area (Å²) < 4.78 is 68.7. The highest BCUT2D eigenvalue weighted by atomic mass is 31.2. The standard InChI is InChI=1S/C85H146O17P2/c1-5-9-13-17-21-25-29-33-36-38-39-41-43-47-50-54-58-62-66-70-83(88)96-76-81(102-85(90)72-68-64-60-56-52-48-44-40-37-34-30-26-22-18-14-10-6-2)78-100-104(93,94)98-74-79(86)73-97-103(91,92)99-77-80(101-84(89)71-67-63-59-55-51-45-32-28-24-20-16-12-8-4)75-95-82(87)69-65-61-57-53-49-46-42-35-31-27-23-19-15-11-7-3/h9-10,13-14,16,20-22,25-26,28,32-37,39,41-42,79-81,86H,5-8,11-12,15,17-19,23-24,27,29-31,38,40,43-78H2,1-4H3,(H,91,92)(H,93,94)/b13-9-,14-10-,20-16-,25-21-,26-22-,32-28-,36-33-,37-34-,41-39-,42-35-. The Morgan fingerprint density at radius 1 is 0.279 bits per heavy atom. The highest BCUT2D eigenvalue weighted by molar-refractivity contribution is 7.47. The van der Waals surface area contributed by atoms with E-state index in [2.05, 4.69) is 149 Å². The molecule has 5 unspecified atom stereocenters. The number of aliphatic hydroxyl groups excluding tert-OH is 1. The van der Waals surface area contributed by atoms with Gasteiger partial charge in [0, 0.05) is 25.7 Å². The highest BCUT2D eigenvalue weighted by Gasteiger charge is 2.30. The molecule has 0 fully saturated rings. The number of hydrogen-bond donors (Lipinski definition) is 3. The van der Waals surface area contributed by atoms with Crippen molar-refractivity contribution >= 4 is 39.5 Å². The van der Waals surface area contributed by atoms with Gasteiger partial charge in [-0.25, -0.2) is 9.13 Å². The molecule has 0 aliphatic rings. The molecule has 0 bridgehead atoms. The van der Waals surface area contributed by atoms with E-state index in [0.717, 1.165) is 218 Å². The zero-order valence-corrected chi connectivity index (χ0v) is 67.2. The van der Waals surface area contributed by atoms with Crippen molar-refractivity contribution in [3.05, 3.63) is 122 Å². The monoisotopic (exact) mass is 1500 g/mol. The van der Waals surface area contributed by atoms with Crippen molar-refractivity contribution in [3.63, 3.8) is 0 Å². The molecule has 19 heteroatoms. The van der Waals surface area contributed by atoms with Gasteiger partial charge in [0.15, 0.2) is 12.2 Å². The molecule has 0 heterocycles. The lowest BCUT2D eigenvalue weighted by Crippen LogP contribution is -2.30. The minimum absolute atomic E-state index is 0.0763. The quantitative estimate of drug-likeness (QED) is 0.0169. The second-order valence-corrected chi connectivity index (χ2v) is 29.8. The Balaban J connectivity index is 5.38. The third kappa shape index (κ3) is 75.7. The molecule has 0 radical (unpaired) electrons. The Hall–Kier alpha value is -4.54. The summed E-state index contributed by atoms with van der Waals surface area (Å²) in [6.07, 6.45) is 84.5. The van der Waals surface area contributed by atoms with E-state index in [0.29, 0.717) is 25.7 Å². The normalized spacial score (nSPS) is 14.5. The van der Waals surface area contributed by atoms with Crippen molar-refractivity contribution in [1.82, 2.24) is 0 Å². The summed E-state index contributed by atoms with van der Waals surface area (Å²) in [5.41, 5.74) is 0. The number of allylic oxidation sites excluding steroid dienone is 20. The van der Waals surface area contributed by atoms with Crippen molar-refractivity contribution in [2.45, 2.75) is 354 Å². The molecule has 0 saturated heterocycles. The van der Waals surface area contributed by atoms with Gasteiger partial charge in [-0.1, -0.05) is 284 Å². The van der Waals surface area contributed by atoms with Crippen LogP contribution in [-0.2, 0) is 65.4 Å². The zero-order chi connectivity index (χ0) is 76.0. The lowest BCUT2D eigenvalue weighted by molar-refractivity contribution is -0.161. The molecule has 0 aliphatic carbocycles. The number of ether oxygens (including phenoxy) is 4. The fraction of sp³-hybridized carbons (Fsp3) is 0.718. The van der Waals surface area contributed by atoms with E-state index in [1.165, 1.54) is 38.5 Å². The first-order valence-corrected chi connectivity index (χ1v) is 43.8. The fourth-order valence-electron chi connectivity index (χ4n) is 10.7. The molecule has 0 aromatic heterocycles. The lowest BCUT2D eigenvalue weighted by atomic mass is 10.1. The van der Waals surface area contributed by atoms with Gasteiger partial charge < -0.3 is 33.8 Å². The third-order valence-electron chi connectivity index (χ3n) is 16.9. The second-order valence-electron chi connectivity index (χ2n) is 26.9. The molecule has 0 amide bonds. The van der Waals surface area contributed by atoms with Crippen LogP contribution < -0.4 is 0 Å². The predicted molar refractivity (Wildman–Crippen MR) is 427 cm³/mol. The maximum atomic E-state index is 13.1. The number of phosphoric ester groups is 2. The van der Waals surface area contributed by atoms with E-state index in [1.54, 1.807) is 0 Å². The molecular weight excluding hydrogens is 1350 g/mol. The lowest BCUT2D eigenvalue weighted by Gasteiger charge is -2.21. The van der Waals surface area contributed by atoms with E-state index >= 15 is 0 Å². The van der Waals surface area contributed by atoms with Gasteiger partial charge in [0.25, 0.3) is 0 Å². The number of phosphoric acid groups is 2. The highest BCUT2D eigenvalue weighted by Crippen LogP contribution is 2.45. The van der Waals surface area contributed by atoms with Crippen LogP contribution in [0.25, 0.3) is 0 Å². The topological polar surface area (TPSA) is 237 Å². The molecule has 3 N–H and O–H groups in total. The summed E-state index contributed by atoms with van der Waals surface area (Å²) in [5, 5.41) is 10.6. The smallest absolute Gasteiger partial charge is 0.462 e. The van der Waals surface area contributed by atoms with Crippen LogP contribution >= 0.6 is 15.6 Å². The van der Waals surface area contributed by atoms with Crippen LogP contribution in [0.3, 0.4) is 0 Å². The van der Waals surface area contributed by atoms with Gasteiger partial charge in [0.05, 0.1) is 26.4 Å². The third-order valence-corrected chi connectivity index (χ3v) is 18.8. The summed E-state index contributed by atoms with van der Waals surface area (Å²) in [6.45, 7) is 4.56. The van der Waals surface area contributed by atoms with E-state index in [9.17, 15) is 43.2 Å². The Labute approximate surface area is 632 Å². The Morgan fingerprint density at radius 3 is 0.817 bits per heavy atom. The summed E-state index contributed by atoms with van der Waals surface area (Å²) in [4.78, 5) is 73.1. The van der Waals surface area contributed by atoms with Crippen molar-refractivity contribution in [1.29, 1.82) is 0 Å². The van der Waals surface area contributed by atoms with E-state index in [1.807, 2.05) is 0 Å². The van der Waals surface area contributed by atoms with Gasteiger partial charge in [0.2, 0.25) is 0 Å². The number of esters is 4. The van der Waals surface area contributed by atoms with Gasteiger partial charge in [-0.05, 0) is 148 Å². The minimum atomic E-state index is -4.99. The zero-order valence-electron chi connectivity index (χ0n) is 65.4. The first kappa shape index (κ1) is 99.5. The minimum Gasteiger partial charge on any atom is -0.462 e. The Kier molecular flexibility index (Phi) is 73.3. The SMILES string of the molecule is CC/C=C\C/C=C\C/C=C\C/C=C\CCCCCCCCC(=O)OCC(COP(=O)(O)OCC(O)COP(=O)(O)OCC(COC(=O)CCCCCCC/C=C\CCCCCCCC)OC(=O)CCCCCCC/C=C\C/C=C\CCC)OC(=O)CCCCCCCCC/C=C\C/C=C\C/C=C\CC. The number of carbonyl (C=O) groups is 4. The molecule has 0 aromatic rings. The molecule has 17 nitrogen and oxygen atoms in total. The maximum absolute atomic E-state index is 13.1. The summed E-state index contributed by atoms with van der Waals surface area (Å²) in [7, 11) is -9.97. The molecule has 0 aromatic carbocycles. The molecule has 0 spiro atoms. The van der Waals surface area contributed by atoms with Crippen LogP contribution in [-0.4, -0.2) is 96.7 Å². The van der Waals surface area contributed by atoms with E-state index < -0.39 is 97.5 Å². The van der Waals surface area contributed by atoms with Gasteiger partial charge >= 0.3 is 39.5 Å². The number of rotatable bonds is 76. The van der Waals surface area contributed by atoms with Gasteiger partial charge in [-0.3, -0.25) is 37.3 Å². The first-order valence-electron chi connectivity index (χ1n) is 40.8. The van der Waals surface area contributed by atoms with Gasteiger partial charge in [-0.2, -0.15) is 0 Å². The van der Waals surface area contributed by atoms with Crippen molar-refractivity contribution < 1.29 is 80.2 Å². The van der Waals surface area contributed by atoms with Crippen LogP contribution in [0.2, 0.25) is 0 Å². The predicted octanol–water partition coefficient (Wildman–Crippen LogP) is 23.9. The van der Waals surface area contributed by atoms with Gasteiger partial charge in [0.1, 0.15) is 19.3 Å². The maximum Gasteiger partial charge on any atom is 0.472 e. The molecule has 598 valence electrons. The largest absolute Gasteiger partial charge is 0.472 e. The number of hydrogen-bond acceptors (Lipinski definition) is 15. The number of aliphatic hydroxyl groups is 1. The Bertz CT molecular complexity index is 2440. The van der Waals surface area contributed by atoms with Crippen molar-refractivity contribution in [3.8, 4) is 0 Å². The Morgan fingerprint density at radius 2 is 0.519 bits per heavy atom. The van der Waals surface area contributed by atoms with Crippen LogP contribution in [0.4, 0.5) is 0 Å². The van der Waals surface area contributed by atoms with Crippen LogP contribution in [0.15, 0.2) is 122 Å². The number of carbonyl (C=O) groups excluding carboxylic acids is 4. The summed E-state index contributed by atoms with van der Waals surface area (Å²) in [5.74, 6) is -2.22. The average molecular weight is 1500 g/mol. The number of unbranched alkanes of at least 4 members (excludes halogenated alkanes) is 30. The average Bonchev–Trinajstić information content (AvgIpc) is 0.911. The van der Waals surface area contributed by atoms with Crippen LogP contribution in [0.5, 0.6) is 0 Å². The summed E-state index contributed by atoms with van der Waals surface area (Å²) in [6, 6.07) is 0. The fourth-order valence-corrected chi connectivity index (χ4v) is 12.3. The van der Waals surface area contributed by atoms with E-state index in [-0.39, 0.29) is 25.7 Å². The molecule has 104 heavy (non-hydrogen) atoms.